The molecule has 4 aliphatic carbocycles. The van der Waals surface area contributed by atoms with Crippen molar-refractivity contribution < 1.29 is 0 Å². The first kappa shape index (κ1) is 11.3. The fourth-order valence-corrected chi connectivity index (χ4v) is 5.11. The van der Waals surface area contributed by atoms with E-state index in [-0.39, 0.29) is 5.54 Å². The summed E-state index contributed by atoms with van der Waals surface area (Å²) >= 11 is 0. The van der Waals surface area contributed by atoms with Crippen LogP contribution in [0.3, 0.4) is 0 Å². The minimum atomic E-state index is 0.231. The Balaban J connectivity index is 1.64. The van der Waals surface area contributed by atoms with Crippen LogP contribution in [0.4, 0.5) is 5.82 Å². The van der Waals surface area contributed by atoms with Gasteiger partial charge in [-0.05, 0) is 68.4 Å². The predicted molar refractivity (Wildman–Crippen MR) is 73.5 cm³/mol. The van der Waals surface area contributed by atoms with Gasteiger partial charge in [0.15, 0.2) is 0 Å². The molecule has 19 heavy (non-hydrogen) atoms. The Hall–Kier alpha value is -1.56. The van der Waals surface area contributed by atoms with Crippen molar-refractivity contribution in [1.29, 1.82) is 5.26 Å². The Morgan fingerprint density at radius 2 is 1.79 bits per heavy atom. The van der Waals surface area contributed by atoms with Crippen molar-refractivity contribution in [3.05, 3.63) is 23.9 Å². The topological polar surface area (TPSA) is 48.7 Å². The molecule has 1 N–H and O–H groups in total. The smallest absolute Gasteiger partial charge is 0.144 e. The SMILES string of the molecule is N#Cc1cccnc1NC12CC3CC(CC(C3)C1)C2. The average molecular weight is 253 g/mol. The van der Waals surface area contributed by atoms with Crippen molar-refractivity contribution in [3.63, 3.8) is 0 Å². The molecule has 98 valence electrons. The number of hydrogen-bond donors (Lipinski definition) is 1. The highest BCUT2D eigenvalue weighted by Crippen LogP contribution is 2.56. The van der Waals surface area contributed by atoms with E-state index in [0.29, 0.717) is 5.56 Å². The van der Waals surface area contributed by atoms with E-state index in [9.17, 15) is 5.26 Å². The highest BCUT2D eigenvalue weighted by atomic mass is 15.1. The van der Waals surface area contributed by atoms with Crippen molar-refractivity contribution in [2.24, 2.45) is 17.8 Å². The second kappa shape index (κ2) is 3.96. The fraction of sp³-hybridized carbons (Fsp3) is 0.625. The molecule has 4 fully saturated rings. The molecule has 1 aromatic heterocycles. The summed E-state index contributed by atoms with van der Waals surface area (Å²) in [6.07, 6.45) is 9.93. The Bertz CT molecular complexity index is 508. The van der Waals surface area contributed by atoms with Crippen LogP contribution in [0.5, 0.6) is 0 Å². The van der Waals surface area contributed by atoms with Crippen LogP contribution < -0.4 is 5.32 Å². The summed E-state index contributed by atoms with van der Waals surface area (Å²) in [6, 6.07) is 5.95. The standard InChI is InChI=1S/C16H19N3/c17-10-14-2-1-3-18-15(14)19-16-7-11-4-12(8-16)6-13(5-11)9-16/h1-3,11-13H,4-9H2,(H,18,19). The summed E-state index contributed by atoms with van der Waals surface area (Å²) < 4.78 is 0. The normalized spacial score (nSPS) is 39.0. The van der Waals surface area contributed by atoms with E-state index in [4.69, 9.17) is 0 Å². The third-order valence-electron chi connectivity index (χ3n) is 5.35. The van der Waals surface area contributed by atoms with Crippen molar-refractivity contribution in [2.45, 2.75) is 44.1 Å². The van der Waals surface area contributed by atoms with Gasteiger partial charge in [-0.3, -0.25) is 0 Å². The van der Waals surface area contributed by atoms with E-state index >= 15 is 0 Å². The molecule has 0 aromatic carbocycles. The Labute approximate surface area is 114 Å². The summed E-state index contributed by atoms with van der Waals surface area (Å²) in [4.78, 5) is 4.39. The molecule has 0 unspecified atom stereocenters. The first-order valence-corrected chi connectivity index (χ1v) is 7.40. The molecule has 5 rings (SSSR count). The Morgan fingerprint density at radius 1 is 1.16 bits per heavy atom. The van der Waals surface area contributed by atoms with E-state index in [0.717, 1.165) is 23.6 Å². The molecule has 4 bridgehead atoms. The Morgan fingerprint density at radius 3 is 2.37 bits per heavy atom. The third kappa shape index (κ3) is 1.82. The zero-order chi connectivity index (χ0) is 12.9. The lowest BCUT2D eigenvalue weighted by Crippen LogP contribution is -2.55. The minimum absolute atomic E-state index is 0.231. The van der Waals surface area contributed by atoms with Crippen LogP contribution in [0.15, 0.2) is 18.3 Å². The van der Waals surface area contributed by atoms with Crippen LogP contribution in [-0.4, -0.2) is 10.5 Å². The lowest BCUT2D eigenvalue weighted by molar-refractivity contribution is 0.0105. The van der Waals surface area contributed by atoms with Crippen LogP contribution in [0.2, 0.25) is 0 Å². The number of pyridine rings is 1. The molecule has 0 amide bonds. The zero-order valence-electron chi connectivity index (χ0n) is 11.1. The maximum atomic E-state index is 9.20. The molecule has 0 radical (unpaired) electrons. The van der Waals surface area contributed by atoms with Crippen molar-refractivity contribution in [2.75, 3.05) is 5.32 Å². The summed E-state index contributed by atoms with van der Waals surface area (Å²) in [5.74, 6) is 3.53. The average Bonchev–Trinajstić information content (AvgIpc) is 2.37. The maximum absolute atomic E-state index is 9.20. The number of rotatable bonds is 2. The van der Waals surface area contributed by atoms with E-state index in [2.05, 4.69) is 16.4 Å². The largest absolute Gasteiger partial charge is 0.364 e. The number of nitrogens with one attached hydrogen (secondary N) is 1. The van der Waals surface area contributed by atoms with Gasteiger partial charge in [-0.15, -0.1) is 0 Å². The minimum Gasteiger partial charge on any atom is -0.364 e. The van der Waals surface area contributed by atoms with Gasteiger partial charge in [-0.25, -0.2) is 4.98 Å². The number of aromatic nitrogens is 1. The highest BCUT2D eigenvalue weighted by Gasteiger charge is 2.51. The first-order valence-electron chi connectivity index (χ1n) is 7.40. The number of nitrogens with zero attached hydrogens (tertiary/aromatic N) is 2. The molecule has 3 heteroatoms. The van der Waals surface area contributed by atoms with Crippen LogP contribution in [0.1, 0.15) is 44.1 Å². The highest BCUT2D eigenvalue weighted by molar-refractivity contribution is 5.53. The van der Waals surface area contributed by atoms with Gasteiger partial charge >= 0.3 is 0 Å². The van der Waals surface area contributed by atoms with Crippen molar-refractivity contribution in [1.82, 2.24) is 4.98 Å². The van der Waals surface area contributed by atoms with Gasteiger partial charge in [0, 0.05) is 11.7 Å². The lowest BCUT2D eigenvalue weighted by Gasteiger charge is -2.57. The van der Waals surface area contributed by atoms with Crippen LogP contribution in [0.25, 0.3) is 0 Å². The number of anilines is 1. The van der Waals surface area contributed by atoms with Crippen molar-refractivity contribution >= 4 is 5.82 Å². The third-order valence-corrected chi connectivity index (χ3v) is 5.35. The van der Waals surface area contributed by atoms with Crippen LogP contribution >= 0.6 is 0 Å². The summed E-state index contributed by atoms with van der Waals surface area (Å²) in [6.45, 7) is 0. The molecular weight excluding hydrogens is 234 g/mol. The predicted octanol–water partition coefficient (Wildman–Crippen LogP) is 3.33. The number of hydrogen-bond acceptors (Lipinski definition) is 3. The fourth-order valence-electron chi connectivity index (χ4n) is 5.11. The molecule has 0 aliphatic heterocycles. The molecule has 4 aliphatic rings. The molecule has 4 saturated carbocycles. The van der Waals surface area contributed by atoms with Gasteiger partial charge in [0.25, 0.3) is 0 Å². The molecule has 0 spiro atoms. The monoisotopic (exact) mass is 253 g/mol. The molecular formula is C16H19N3. The van der Waals surface area contributed by atoms with E-state index < -0.39 is 0 Å². The van der Waals surface area contributed by atoms with Gasteiger partial charge in [-0.2, -0.15) is 5.26 Å². The Kier molecular flexibility index (Phi) is 2.35. The van der Waals surface area contributed by atoms with Gasteiger partial charge < -0.3 is 5.32 Å². The van der Waals surface area contributed by atoms with Crippen molar-refractivity contribution in [3.8, 4) is 6.07 Å². The molecule has 0 saturated heterocycles. The van der Waals surface area contributed by atoms with Crippen LogP contribution in [0, 0.1) is 29.1 Å². The summed E-state index contributed by atoms with van der Waals surface area (Å²) in [5, 5.41) is 12.9. The molecule has 1 heterocycles. The molecule has 1 aromatic rings. The van der Waals surface area contributed by atoms with Gasteiger partial charge in [-0.1, -0.05) is 0 Å². The first-order chi connectivity index (χ1) is 9.26. The van der Waals surface area contributed by atoms with Gasteiger partial charge in [0.05, 0.1) is 5.56 Å². The second-order valence-corrected chi connectivity index (χ2v) is 6.83. The molecule has 3 nitrogen and oxygen atoms in total. The summed E-state index contributed by atoms with van der Waals surface area (Å²) in [5.41, 5.74) is 0.910. The maximum Gasteiger partial charge on any atom is 0.144 e. The van der Waals surface area contributed by atoms with E-state index in [1.165, 1.54) is 38.5 Å². The lowest BCUT2D eigenvalue weighted by atomic mass is 9.53. The second-order valence-electron chi connectivity index (χ2n) is 6.83. The summed E-state index contributed by atoms with van der Waals surface area (Å²) in [7, 11) is 0. The van der Waals surface area contributed by atoms with Gasteiger partial charge in [0.2, 0.25) is 0 Å². The van der Waals surface area contributed by atoms with E-state index in [1.54, 1.807) is 6.20 Å². The van der Waals surface area contributed by atoms with E-state index in [1.807, 2.05) is 12.1 Å². The zero-order valence-corrected chi connectivity index (χ0v) is 11.1. The van der Waals surface area contributed by atoms with Gasteiger partial charge in [0.1, 0.15) is 11.9 Å². The number of nitriles is 1. The van der Waals surface area contributed by atoms with Crippen LogP contribution in [-0.2, 0) is 0 Å². The molecule has 0 atom stereocenters. The quantitative estimate of drug-likeness (QED) is 0.879.